The van der Waals surface area contributed by atoms with Gasteiger partial charge in [0, 0.05) is 17.8 Å². The molecule has 0 aromatic carbocycles. The Bertz CT molecular complexity index is 412. The standard InChI is InChI=1S/C15H23N3/c1-2-16-9-11-6-7-14-13(8-11)10-17-15(18-14)12-4-3-5-12/h10-12,16H,2-9H2,1H3. The van der Waals surface area contributed by atoms with E-state index in [-0.39, 0.29) is 0 Å². The second-order valence-corrected chi connectivity index (χ2v) is 5.74. The lowest BCUT2D eigenvalue weighted by atomic mass is 9.83. The molecule has 0 saturated heterocycles. The molecule has 1 saturated carbocycles. The maximum atomic E-state index is 4.82. The third-order valence-corrected chi connectivity index (χ3v) is 4.42. The monoisotopic (exact) mass is 245 g/mol. The Balaban J connectivity index is 1.69. The third kappa shape index (κ3) is 2.41. The van der Waals surface area contributed by atoms with Gasteiger partial charge in [-0.3, -0.25) is 0 Å². The number of fused-ring (bicyclic) bond motifs is 1. The second kappa shape index (κ2) is 5.35. The molecule has 3 nitrogen and oxygen atoms in total. The molecular formula is C15H23N3. The fourth-order valence-corrected chi connectivity index (χ4v) is 2.98. The fourth-order valence-electron chi connectivity index (χ4n) is 2.98. The van der Waals surface area contributed by atoms with Crippen LogP contribution in [-0.4, -0.2) is 23.1 Å². The molecule has 1 heterocycles. The molecule has 2 aliphatic carbocycles. The van der Waals surface area contributed by atoms with Gasteiger partial charge >= 0.3 is 0 Å². The van der Waals surface area contributed by atoms with Crippen LogP contribution in [0.2, 0.25) is 0 Å². The summed E-state index contributed by atoms with van der Waals surface area (Å²) in [7, 11) is 0. The Kier molecular flexibility index (Phi) is 3.59. The van der Waals surface area contributed by atoms with Gasteiger partial charge in [-0.1, -0.05) is 13.3 Å². The number of aryl methyl sites for hydroxylation is 1. The van der Waals surface area contributed by atoms with E-state index in [1.807, 2.05) is 0 Å². The van der Waals surface area contributed by atoms with Crippen LogP contribution in [0.3, 0.4) is 0 Å². The van der Waals surface area contributed by atoms with Crippen molar-refractivity contribution in [3.05, 3.63) is 23.3 Å². The van der Waals surface area contributed by atoms with Gasteiger partial charge in [-0.25, -0.2) is 9.97 Å². The van der Waals surface area contributed by atoms with Crippen LogP contribution in [0.5, 0.6) is 0 Å². The van der Waals surface area contributed by atoms with Crippen LogP contribution < -0.4 is 5.32 Å². The number of nitrogens with zero attached hydrogens (tertiary/aromatic N) is 2. The molecule has 0 bridgehead atoms. The highest BCUT2D eigenvalue weighted by Gasteiger charge is 2.25. The Morgan fingerprint density at radius 1 is 1.33 bits per heavy atom. The smallest absolute Gasteiger partial charge is 0.131 e. The van der Waals surface area contributed by atoms with Crippen LogP contribution in [0.15, 0.2) is 6.20 Å². The Morgan fingerprint density at radius 2 is 2.22 bits per heavy atom. The van der Waals surface area contributed by atoms with Gasteiger partial charge in [0.05, 0.1) is 0 Å². The highest BCUT2D eigenvalue weighted by Crippen LogP contribution is 2.35. The molecule has 0 aliphatic heterocycles. The Morgan fingerprint density at radius 3 is 2.94 bits per heavy atom. The predicted octanol–water partition coefficient (Wildman–Crippen LogP) is 2.46. The molecule has 0 amide bonds. The molecule has 0 spiro atoms. The predicted molar refractivity (Wildman–Crippen MR) is 72.7 cm³/mol. The number of hydrogen-bond acceptors (Lipinski definition) is 3. The van der Waals surface area contributed by atoms with Crippen molar-refractivity contribution in [2.24, 2.45) is 5.92 Å². The van der Waals surface area contributed by atoms with Crippen molar-refractivity contribution in [3.8, 4) is 0 Å². The van der Waals surface area contributed by atoms with E-state index < -0.39 is 0 Å². The molecule has 1 atom stereocenters. The van der Waals surface area contributed by atoms with E-state index in [4.69, 9.17) is 4.98 Å². The van der Waals surface area contributed by atoms with Crippen LogP contribution >= 0.6 is 0 Å². The third-order valence-electron chi connectivity index (χ3n) is 4.42. The number of hydrogen-bond donors (Lipinski definition) is 1. The summed E-state index contributed by atoms with van der Waals surface area (Å²) in [6.45, 7) is 4.38. The van der Waals surface area contributed by atoms with E-state index in [9.17, 15) is 0 Å². The average molecular weight is 245 g/mol. The van der Waals surface area contributed by atoms with Crippen molar-refractivity contribution in [2.75, 3.05) is 13.1 Å². The first-order chi connectivity index (χ1) is 8.86. The molecule has 0 radical (unpaired) electrons. The molecule has 1 aromatic rings. The van der Waals surface area contributed by atoms with E-state index in [1.165, 1.54) is 36.9 Å². The first-order valence-electron chi connectivity index (χ1n) is 7.42. The summed E-state index contributed by atoms with van der Waals surface area (Å²) >= 11 is 0. The van der Waals surface area contributed by atoms with E-state index in [1.54, 1.807) is 0 Å². The minimum atomic E-state index is 0.662. The highest BCUT2D eigenvalue weighted by atomic mass is 14.9. The topological polar surface area (TPSA) is 37.8 Å². The summed E-state index contributed by atoms with van der Waals surface area (Å²) < 4.78 is 0. The molecular weight excluding hydrogens is 222 g/mol. The lowest BCUT2D eigenvalue weighted by Crippen LogP contribution is -2.28. The number of nitrogens with one attached hydrogen (secondary N) is 1. The first-order valence-corrected chi connectivity index (χ1v) is 7.42. The Labute approximate surface area is 109 Å². The average Bonchev–Trinajstić information content (AvgIpc) is 2.34. The molecule has 3 rings (SSSR count). The zero-order valence-corrected chi connectivity index (χ0v) is 11.3. The van der Waals surface area contributed by atoms with Crippen LogP contribution in [0.4, 0.5) is 0 Å². The molecule has 1 N–H and O–H groups in total. The van der Waals surface area contributed by atoms with E-state index in [0.29, 0.717) is 5.92 Å². The summed E-state index contributed by atoms with van der Waals surface area (Å²) in [5, 5.41) is 3.46. The van der Waals surface area contributed by atoms with E-state index in [2.05, 4.69) is 23.4 Å². The van der Waals surface area contributed by atoms with Crippen molar-refractivity contribution in [1.29, 1.82) is 0 Å². The van der Waals surface area contributed by atoms with Crippen molar-refractivity contribution in [2.45, 2.75) is 51.4 Å². The normalized spacial score (nSPS) is 23.5. The zero-order valence-electron chi connectivity index (χ0n) is 11.3. The van der Waals surface area contributed by atoms with Gasteiger partial charge < -0.3 is 5.32 Å². The summed E-state index contributed by atoms with van der Waals surface area (Å²) in [5.74, 6) is 2.55. The minimum absolute atomic E-state index is 0.662. The van der Waals surface area contributed by atoms with Gasteiger partial charge in [0.1, 0.15) is 5.82 Å². The van der Waals surface area contributed by atoms with Crippen LogP contribution in [0, 0.1) is 5.92 Å². The summed E-state index contributed by atoms with van der Waals surface area (Å²) in [4.78, 5) is 9.42. The largest absolute Gasteiger partial charge is 0.317 e. The van der Waals surface area contributed by atoms with Gasteiger partial charge in [0.25, 0.3) is 0 Å². The van der Waals surface area contributed by atoms with Gasteiger partial charge in [0.15, 0.2) is 0 Å². The van der Waals surface area contributed by atoms with Crippen LogP contribution in [0.1, 0.15) is 55.6 Å². The number of aromatic nitrogens is 2. The first kappa shape index (κ1) is 12.1. The molecule has 18 heavy (non-hydrogen) atoms. The molecule has 98 valence electrons. The van der Waals surface area contributed by atoms with Gasteiger partial charge in [-0.05, 0) is 56.7 Å². The molecule has 3 heteroatoms. The molecule has 1 unspecified atom stereocenters. The Hall–Kier alpha value is -0.960. The van der Waals surface area contributed by atoms with Gasteiger partial charge in [-0.2, -0.15) is 0 Å². The zero-order chi connectivity index (χ0) is 12.4. The lowest BCUT2D eigenvalue weighted by molar-refractivity contribution is 0.391. The summed E-state index contributed by atoms with van der Waals surface area (Å²) in [6.07, 6.45) is 9.63. The van der Waals surface area contributed by atoms with Gasteiger partial charge in [0.2, 0.25) is 0 Å². The van der Waals surface area contributed by atoms with Crippen molar-refractivity contribution >= 4 is 0 Å². The van der Waals surface area contributed by atoms with E-state index >= 15 is 0 Å². The second-order valence-electron chi connectivity index (χ2n) is 5.74. The maximum absolute atomic E-state index is 4.82. The quantitative estimate of drug-likeness (QED) is 0.885. The summed E-state index contributed by atoms with van der Waals surface area (Å²) in [6, 6.07) is 0. The van der Waals surface area contributed by atoms with Crippen molar-refractivity contribution in [1.82, 2.24) is 15.3 Å². The molecule has 2 aliphatic rings. The van der Waals surface area contributed by atoms with Crippen LogP contribution in [-0.2, 0) is 12.8 Å². The van der Waals surface area contributed by atoms with Crippen molar-refractivity contribution < 1.29 is 0 Å². The maximum Gasteiger partial charge on any atom is 0.131 e. The molecule has 1 fully saturated rings. The summed E-state index contributed by atoms with van der Waals surface area (Å²) in [5.41, 5.74) is 2.73. The highest BCUT2D eigenvalue weighted by molar-refractivity contribution is 5.22. The van der Waals surface area contributed by atoms with Crippen LogP contribution in [0.25, 0.3) is 0 Å². The minimum Gasteiger partial charge on any atom is -0.317 e. The lowest BCUT2D eigenvalue weighted by Gasteiger charge is -2.27. The van der Waals surface area contributed by atoms with Crippen molar-refractivity contribution in [3.63, 3.8) is 0 Å². The van der Waals surface area contributed by atoms with Gasteiger partial charge in [-0.15, -0.1) is 0 Å². The van der Waals surface area contributed by atoms with E-state index in [0.717, 1.165) is 37.7 Å². The fraction of sp³-hybridized carbons (Fsp3) is 0.733. The SMILES string of the molecule is CCNCC1CCc2nc(C3CCC3)ncc2C1. The number of rotatable bonds is 4. The molecule has 1 aromatic heterocycles.